The van der Waals surface area contributed by atoms with Gasteiger partial charge >= 0.3 is 6.09 Å². The first-order valence-electron chi connectivity index (χ1n) is 8.29. The highest BCUT2D eigenvalue weighted by Crippen LogP contribution is 2.59. The number of nitrogens with two attached hydrogens (primary N) is 1. The van der Waals surface area contributed by atoms with E-state index in [2.05, 4.69) is 12.2 Å². The molecule has 0 spiro atoms. The van der Waals surface area contributed by atoms with Gasteiger partial charge in [0.2, 0.25) is 0 Å². The number of aliphatic imine (C=N–C) groups is 1. The number of benzene rings is 1. The molecule has 0 radical (unpaired) electrons. The van der Waals surface area contributed by atoms with Gasteiger partial charge in [-0.1, -0.05) is 17.8 Å². The second-order valence-corrected chi connectivity index (χ2v) is 8.66. The van der Waals surface area contributed by atoms with Crippen molar-refractivity contribution < 1.29 is 9.53 Å². The number of amides is 1. The fourth-order valence-corrected chi connectivity index (χ4v) is 4.24. The molecule has 0 unspecified atom stereocenters. The van der Waals surface area contributed by atoms with Crippen LogP contribution in [0.1, 0.15) is 44.7 Å². The summed E-state index contributed by atoms with van der Waals surface area (Å²) < 4.78 is 5.35. The van der Waals surface area contributed by atoms with E-state index in [-0.39, 0.29) is 5.54 Å². The number of ether oxygens (including phenoxy) is 1. The highest BCUT2D eigenvalue weighted by molar-refractivity contribution is 8.13. The summed E-state index contributed by atoms with van der Waals surface area (Å²) >= 11 is 1.58. The zero-order valence-corrected chi connectivity index (χ0v) is 15.5. The molecule has 1 aliphatic carbocycles. The molecule has 130 valence electrons. The highest BCUT2D eigenvalue weighted by atomic mass is 32.2. The number of nitrogen functional groups attached to an aromatic ring is 1. The highest BCUT2D eigenvalue weighted by Gasteiger charge is 2.57. The van der Waals surface area contributed by atoms with Crippen molar-refractivity contribution in [2.45, 2.75) is 51.7 Å². The van der Waals surface area contributed by atoms with Crippen LogP contribution in [0.4, 0.5) is 10.5 Å². The zero-order valence-electron chi connectivity index (χ0n) is 14.7. The number of rotatable bonds is 1. The van der Waals surface area contributed by atoms with Crippen LogP contribution in [0.25, 0.3) is 0 Å². The van der Waals surface area contributed by atoms with Gasteiger partial charge in [0.05, 0.1) is 5.54 Å². The maximum Gasteiger partial charge on any atom is 0.413 e. The summed E-state index contributed by atoms with van der Waals surface area (Å²) in [6.07, 6.45) is 1.64. The SMILES string of the molecule is Cc1ccc(N)cc1[C@]12C[C@H]1CCSC(NC(=O)OC(C)(C)C)=N2. The largest absolute Gasteiger partial charge is 0.444 e. The molecule has 6 heteroatoms. The van der Waals surface area contributed by atoms with Gasteiger partial charge in [-0.25, -0.2) is 4.79 Å². The molecule has 1 amide bonds. The standard InChI is InChI=1S/C18H25N3O2S/c1-11-5-6-13(19)9-14(11)18-10-12(18)7-8-24-15(21-18)20-16(22)23-17(2,3)4/h5-6,9,12H,7-8,10,19H2,1-4H3,(H,20,21,22)/t12-,18+/m1/s1. The normalized spacial score (nSPS) is 26.0. The molecule has 1 aromatic carbocycles. The second-order valence-electron chi connectivity index (χ2n) is 7.58. The zero-order chi connectivity index (χ0) is 17.5. The smallest absolute Gasteiger partial charge is 0.413 e. The van der Waals surface area contributed by atoms with Gasteiger partial charge in [0.25, 0.3) is 0 Å². The molecule has 0 bridgehead atoms. The number of nitrogens with one attached hydrogen (secondary N) is 1. The van der Waals surface area contributed by atoms with Gasteiger partial charge < -0.3 is 10.5 Å². The van der Waals surface area contributed by atoms with Crippen LogP contribution in [0.2, 0.25) is 0 Å². The molecule has 1 fully saturated rings. The molecular formula is C18H25N3O2S. The van der Waals surface area contributed by atoms with Gasteiger partial charge in [0, 0.05) is 11.4 Å². The fourth-order valence-electron chi connectivity index (χ4n) is 3.26. The summed E-state index contributed by atoms with van der Waals surface area (Å²) in [6, 6.07) is 5.99. The number of amidine groups is 1. The third-order valence-corrected chi connectivity index (χ3v) is 5.32. The van der Waals surface area contributed by atoms with Crippen LogP contribution in [0.3, 0.4) is 0 Å². The number of fused-ring (bicyclic) bond motifs is 1. The minimum Gasteiger partial charge on any atom is -0.444 e. The molecule has 0 saturated heterocycles. The van der Waals surface area contributed by atoms with Crippen molar-refractivity contribution in [1.82, 2.24) is 5.32 Å². The molecule has 1 saturated carbocycles. The summed E-state index contributed by atoms with van der Waals surface area (Å²) in [4.78, 5) is 17.0. The van der Waals surface area contributed by atoms with E-state index >= 15 is 0 Å². The fraction of sp³-hybridized carbons (Fsp3) is 0.556. The van der Waals surface area contributed by atoms with Crippen LogP contribution >= 0.6 is 11.8 Å². The molecule has 0 aromatic heterocycles. The monoisotopic (exact) mass is 347 g/mol. The molecule has 2 atom stereocenters. The molecule has 3 N–H and O–H groups in total. The van der Waals surface area contributed by atoms with Crippen LogP contribution in [-0.4, -0.2) is 22.6 Å². The summed E-state index contributed by atoms with van der Waals surface area (Å²) in [7, 11) is 0. The van der Waals surface area contributed by atoms with Crippen molar-refractivity contribution in [2.24, 2.45) is 10.9 Å². The van der Waals surface area contributed by atoms with Crippen molar-refractivity contribution in [2.75, 3.05) is 11.5 Å². The number of anilines is 1. The van der Waals surface area contributed by atoms with Gasteiger partial charge in [-0.2, -0.15) is 0 Å². The van der Waals surface area contributed by atoms with E-state index in [4.69, 9.17) is 15.5 Å². The number of hydrogen-bond donors (Lipinski definition) is 2. The van der Waals surface area contributed by atoms with Crippen LogP contribution in [-0.2, 0) is 10.3 Å². The van der Waals surface area contributed by atoms with E-state index in [9.17, 15) is 4.79 Å². The number of carbonyl (C=O) groups excluding carboxylic acids is 1. The minimum absolute atomic E-state index is 0.243. The van der Waals surface area contributed by atoms with E-state index in [1.165, 1.54) is 11.1 Å². The number of alkyl carbamates (subject to hydrolysis) is 1. The second kappa shape index (κ2) is 5.99. The first kappa shape index (κ1) is 17.1. The van der Waals surface area contributed by atoms with Crippen LogP contribution in [0, 0.1) is 12.8 Å². The van der Waals surface area contributed by atoms with Crippen molar-refractivity contribution in [3.63, 3.8) is 0 Å². The van der Waals surface area contributed by atoms with E-state index in [0.29, 0.717) is 11.1 Å². The Balaban J connectivity index is 1.86. The molecular weight excluding hydrogens is 322 g/mol. The van der Waals surface area contributed by atoms with Crippen molar-refractivity contribution in [3.05, 3.63) is 29.3 Å². The average molecular weight is 347 g/mol. The Morgan fingerprint density at radius 3 is 2.92 bits per heavy atom. The Morgan fingerprint density at radius 2 is 2.21 bits per heavy atom. The van der Waals surface area contributed by atoms with Crippen molar-refractivity contribution >= 4 is 28.7 Å². The maximum absolute atomic E-state index is 12.1. The van der Waals surface area contributed by atoms with Gasteiger partial charge in [-0.05, 0) is 69.7 Å². The van der Waals surface area contributed by atoms with Crippen molar-refractivity contribution in [1.29, 1.82) is 0 Å². The Labute approximate surface area is 147 Å². The van der Waals surface area contributed by atoms with Gasteiger partial charge in [-0.3, -0.25) is 10.3 Å². The average Bonchev–Trinajstić information content (AvgIpc) is 3.14. The lowest BCUT2D eigenvalue weighted by molar-refractivity contribution is 0.0564. The van der Waals surface area contributed by atoms with E-state index in [0.717, 1.165) is 24.3 Å². The maximum atomic E-state index is 12.1. The Bertz CT molecular complexity index is 696. The third-order valence-electron chi connectivity index (χ3n) is 4.41. The van der Waals surface area contributed by atoms with Gasteiger partial charge in [0.15, 0.2) is 5.17 Å². The van der Waals surface area contributed by atoms with Crippen molar-refractivity contribution in [3.8, 4) is 0 Å². The molecule has 1 heterocycles. The number of hydrogen-bond acceptors (Lipinski definition) is 5. The first-order chi connectivity index (χ1) is 11.2. The number of nitrogens with zero attached hydrogens (tertiary/aromatic N) is 1. The predicted molar refractivity (Wildman–Crippen MR) is 99.3 cm³/mol. The number of thioether (sulfide) groups is 1. The molecule has 2 aliphatic rings. The molecule has 1 aromatic rings. The van der Waals surface area contributed by atoms with E-state index in [1.807, 2.05) is 39.0 Å². The van der Waals surface area contributed by atoms with Crippen LogP contribution < -0.4 is 11.1 Å². The lowest BCUT2D eigenvalue weighted by Gasteiger charge is -2.21. The topological polar surface area (TPSA) is 76.7 Å². The Morgan fingerprint density at radius 1 is 1.46 bits per heavy atom. The third kappa shape index (κ3) is 3.53. The molecule has 24 heavy (non-hydrogen) atoms. The summed E-state index contributed by atoms with van der Waals surface area (Å²) in [5.41, 5.74) is 8.35. The van der Waals surface area contributed by atoms with E-state index < -0.39 is 11.7 Å². The van der Waals surface area contributed by atoms with Crippen LogP contribution in [0.15, 0.2) is 23.2 Å². The van der Waals surface area contributed by atoms with Gasteiger partial charge in [0.1, 0.15) is 5.60 Å². The Hall–Kier alpha value is -1.69. The lowest BCUT2D eigenvalue weighted by Crippen LogP contribution is -2.35. The molecule has 5 nitrogen and oxygen atoms in total. The molecule has 3 rings (SSSR count). The lowest BCUT2D eigenvalue weighted by atomic mass is 9.96. The summed E-state index contributed by atoms with van der Waals surface area (Å²) in [6.45, 7) is 7.64. The van der Waals surface area contributed by atoms with Gasteiger partial charge in [-0.15, -0.1) is 0 Å². The summed E-state index contributed by atoms with van der Waals surface area (Å²) in [5.74, 6) is 1.46. The van der Waals surface area contributed by atoms with Crippen LogP contribution in [0.5, 0.6) is 0 Å². The Kier molecular flexibility index (Phi) is 4.28. The van der Waals surface area contributed by atoms with E-state index in [1.54, 1.807) is 11.8 Å². The number of carbonyl (C=O) groups is 1. The minimum atomic E-state index is -0.524. The summed E-state index contributed by atoms with van der Waals surface area (Å²) in [5, 5.41) is 3.47. The molecule has 1 aliphatic heterocycles. The number of aryl methyl sites for hydroxylation is 1. The predicted octanol–water partition coefficient (Wildman–Crippen LogP) is 3.81. The first-order valence-corrected chi connectivity index (χ1v) is 9.27. The quantitative estimate of drug-likeness (QED) is 0.757.